The molecular weight excluding hydrogens is 270 g/mol. The first-order valence-electron chi connectivity index (χ1n) is 6.57. The van der Waals surface area contributed by atoms with Crippen molar-refractivity contribution in [1.82, 2.24) is 10.7 Å². The highest BCUT2D eigenvalue weighted by molar-refractivity contribution is 5.90. The Bertz CT molecular complexity index is 516. The molecule has 1 aromatic carbocycles. The third kappa shape index (κ3) is 6.67. The molecule has 0 fully saturated rings. The number of esters is 1. The first-order chi connectivity index (χ1) is 9.81. The lowest BCUT2D eigenvalue weighted by Crippen LogP contribution is -2.42. The summed E-state index contributed by atoms with van der Waals surface area (Å²) in [6, 6.07) is 6.71. The van der Waals surface area contributed by atoms with E-state index < -0.39 is 0 Å². The second-order valence-corrected chi connectivity index (χ2v) is 5.51. The quantitative estimate of drug-likeness (QED) is 0.487. The normalized spacial score (nSPS) is 11.4. The SMILES string of the molecule is COC(=O)c1ccc(/C=N\NC(=O)CNC(C)(C)C)cc1. The topological polar surface area (TPSA) is 79.8 Å². The summed E-state index contributed by atoms with van der Waals surface area (Å²) in [6.45, 7) is 6.13. The second-order valence-electron chi connectivity index (χ2n) is 5.51. The van der Waals surface area contributed by atoms with Gasteiger partial charge in [-0.2, -0.15) is 5.10 Å². The smallest absolute Gasteiger partial charge is 0.337 e. The Morgan fingerprint density at radius 2 is 1.86 bits per heavy atom. The third-order valence-electron chi connectivity index (χ3n) is 2.51. The molecule has 1 aromatic rings. The molecule has 0 aliphatic rings. The van der Waals surface area contributed by atoms with Crippen molar-refractivity contribution in [3.8, 4) is 0 Å². The maximum absolute atomic E-state index is 11.5. The van der Waals surface area contributed by atoms with Gasteiger partial charge in [-0.3, -0.25) is 4.79 Å². The summed E-state index contributed by atoms with van der Waals surface area (Å²) in [7, 11) is 1.33. The van der Waals surface area contributed by atoms with Crippen molar-refractivity contribution >= 4 is 18.1 Å². The van der Waals surface area contributed by atoms with Gasteiger partial charge in [0.15, 0.2) is 0 Å². The van der Waals surface area contributed by atoms with Gasteiger partial charge in [-0.25, -0.2) is 10.2 Å². The zero-order chi connectivity index (χ0) is 15.9. The number of methoxy groups -OCH3 is 1. The molecule has 0 atom stereocenters. The number of nitrogens with zero attached hydrogens (tertiary/aromatic N) is 1. The first-order valence-corrected chi connectivity index (χ1v) is 6.57. The molecule has 6 nitrogen and oxygen atoms in total. The number of hydrogen-bond donors (Lipinski definition) is 2. The zero-order valence-corrected chi connectivity index (χ0v) is 12.8. The zero-order valence-electron chi connectivity index (χ0n) is 12.8. The molecule has 2 N–H and O–H groups in total. The van der Waals surface area contributed by atoms with Crippen molar-refractivity contribution in [3.05, 3.63) is 35.4 Å². The van der Waals surface area contributed by atoms with Crippen molar-refractivity contribution in [2.45, 2.75) is 26.3 Å². The van der Waals surface area contributed by atoms with Crippen LogP contribution in [0.25, 0.3) is 0 Å². The Balaban J connectivity index is 2.46. The molecule has 0 bridgehead atoms. The molecule has 1 amide bonds. The lowest BCUT2D eigenvalue weighted by molar-refractivity contribution is -0.120. The number of hydrogen-bond acceptors (Lipinski definition) is 5. The van der Waals surface area contributed by atoms with Crippen LogP contribution in [0.5, 0.6) is 0 Å². The van der Waals surface area contributed by atoms with E-state index in [2.05, 4.69) is 20.6 Å². The van der Waals surface area contributed by atoms with Crippen LogP contribution in [0.3, 0.4) is 0 Å². The Morgan fingerprint density at radius 1 is 1.24 bits per heavy atom. The molecule has 0 spiro atoms. The highest BCUT2D eigenvalue weighted by Gasteiger charge is 2.10. The monoisotopic (exact) mass is 291 g/mol. The molecule has 0 unspecified atom stereocenters. The fourth-order valence-corrected chi connectivity index (χ4v) is 1.39. The standard InChI is InChI=1S/C15H21N3O3/c1-15(2,3)16-10-13(19)18-17-9-11-5-7-12(8-6-11)14(20)21-4/h5-9,16H,10H2,1-4H3,(H,18,19)/b17-9-. The minimum Gasteiger partial charge on any atom is -0.465 e. The van der Waals surface area contributed by atoms with E-state index in [-0.39, 0.29) is 24.0 Å². The molecular formula is C15H21N3O3. The summed E-state index contributed by atoms with van der Waals surface area (Å²) >= 11 is 0. The van der Waals surface area contributed by atoms with Crippen molar-refractivity contribution in [2.75, 3.05) is 13.7 Å². The molecule has 114 valence electrons. The van der Waals surface area contributed by atoms with Gasteiger partial charge >= 0.3 is 5.97 Å². The van der Waals surface area contributed by atoms with Crippen molar-refractivity contribution in [2.24, 2.45) is 5.10 Å². The van der Waals surface area contributed by atoms with Gasteiger partial charge in [0.2, 0.25) is 0 Å². The number of amides is 1. The maximum atomic E-state index is 11.5. The van der Waals surface area contributed by atoms with E-state index in [4.69, 9.17) is 0 Å². The molecule has 1 rings (SSSR count). The van der Waals surface area contributed by atoms with Crippen LogP contribution in [0, 0.1) is 0 Å². The number of hydrazone groups is 1. The Hall–Kier alpha value is -2.21. The Morgan fingerprint density at radius 3 is 2.38 bits per heavy atom. The fraction of sp³-hybridized carbons (Fsp3) is 0.400. The molecule has 6 heteroatoms. The molecule has 0 radical (unpaired) electrons. The number of carbonyl (C=O) groups is 2. The van der Waals surface area contributed by atoms with E-state index in [1.165, 1.54) is 13.3 Å². The van der Waals surface area contributed by atoms with Crippen LogP contribution < -0.4 is 10.7 Å². The lowest BCUT2D eigenvalue weighted by Gasteiger charge is -2.19. The first kappa shape index (κ1) is 16.8. The summed E-state index contributed by atoms with van der Waals surface area (Å²) in [6.07, 6.45) is 1.51. The average molecular weight is 291 g/mol. The minimum atomic E-state index is -0.389. The summed E-state index contributed by atoms with van der Waals surface area (Å²) < 4.78 is 4.61. The van der Waals surface area contributed by atoms with E-state index in [1.54, 1.807) is 24.3 Å². The number of benzene rings is 1. The van der Waals surface area contributed by atoms with Crippen LogP contribution in [0.15, 0.2) is 29.4 Å². The van der Waals surface area contributed by atoms with Gasteiger partial charge in [0, 0.05) is 5.54 Å². The van der Waals surface area contributed by atoms with Crippen LogP contribution in [0.1, 0.15) is 36.7 Å². The predicted octanol–water partition coefficient (Wildman–Crippen LogP) is 1.31. The second kappa shape index (κ2) is 7.54. The fourth-order valence-electron chi connectivity index (χ4n) is 1.39. The van der Waals surface area contributed by atoms with E-state index in [0.29, 0.717) is 5.56 Å². The summed E-state index contributed by atoms with van der Waals surface area (Å²) in [5.74, 6) is -0.604. The molecule has 0 aliphatic heterocycles. The highest BCUT2D eigenvalue weighted by Crippen LogP contribution is 2.03. The highest BCUT2D eigenvalue weighted by atomic mass is 16.5. The summed E-state index contributed by atoms with van der Waals surface area (Å²) in [5.41, 5.74) is 3.54. The minimum absolute atomic E-state index is 0.120. The van der Waals surface area contributed by atoms with Gasteiger partial charge in [0.25, 0.3) is 5.91 Å². The van der Waals surface area contributed by atoms with Crippen LogP contribution in [-0.2, 0) is 9.53 Å². The predicted molar refractivity (Wildman–Crippen MR) is 81.3 cm³/mol. The molecule has 0 aromatic heterocycles. The molecule has 0 saturated carbocycles. The summed E-state index contributed by atoms with van der Waals surface area (Å²) in [5, 5.41) is 6.92. The number of ether oxygens (including phenoxy) is 1. The van der Waals surface area contributed by atoms with Crippen molar-refractivity contribution in [1.29, 1.82) is 0 Å². The van der Waals surface area contributed by atoms with E-state index >= 15 is 0 Å². The number of nitrogens with one attached hydrogen (secondary N) is 2. The van der Waals surface area contributed by atoms with Gasteiger partial charge in [0.05, 0.1) is 25.4 Å². The van der Waals surface area contributed by atoms with Crippen LogP contribution in [0.2, 0.25) is 0 Å². The third-order valence-corrected chi connectivity index (χ3v) is 2.51. The molecule has 0 heterocycles. The van der Waals surface area contributed by atoms with Gasteiger partial charge in [-0.15, -0.1) is 0 Å². The van der Waals surface area contributed by atoms with Gasteiger partial charge in [0.1, 0.15) is 0 Å². The largest absolute Gasteiger partial charge is 0.465 e. The van der Waals surface area contributed by atoms with E-state index in [1.807, 2.05) is 20.8 Å². The molecule has 21 heavy (non-hydrogen) atoms. The molecule has 0 aliphatic carbocycles. The number of rotatable bonds is 5. The lowest BCUT2D eigenvalue weighted by atomic mass is 10.1. The Kier molecular flexibility index (Phi) is 6.05. The maximum Gasteiger partial charge on any atom is 0.337 e. The van der Waals surface area contributed by atoms with Crippen molar-refractivity contribution in [3.63, 3.8) is 0 Å². The van der Waals surface area contributed by atoms with Crippen molar-refractivity contribution < 1.29 is 14.3 Å². The Labute approximate surface area is 124 Å². The van der Waals surface area contributed by atoms with Crippen LogP contribution in [0.4, 0.5) is 0 Å². The van der Waals surface area contributed by atoms with Gasteiger partial charge < -0.3 is 10.1 Å². The van der Waals surface area contributed by atoms with E-state index in [0.717, 1.165) is 5.56 Å². The summed E-state index contributed by atoms with van der Waals surface area (Å²) in [4.78, 5) is 22.8. The average Bonchev–Trinajstić information content (AvgIpc) is 2.44. The number of carbonyl (C=O) groups excluding carboxylic acids is 2. The van der Waals surface area contributed by atoms with Gasteiger partial charge in [-0.05, 0) is 38.5 Å². The van der Waals surface area contributed by atoms with Crippen LogP contribution >= 0.6 is 0 Å². The van der Waals surface area contributed by atoms with Gasteiger partial charge in [-0.1, -0.05) is 12.1 Å². The van der Waals surface area contributed by atoms with E-state index in [9.17, 15) is 9.59 Å². The van der Waals surface area contributed by atoms with Crippen LogP contribution in [-0.4, -0.2) is 37.3 Å². The molecule has 0 saturated heterocycles.